The third-order valence-corrected chi connectivity index (χ3v) is 4.02. The van der Waals surface area contributed by atoms with Crippen LogP contribution in [0.3, 0.4) is 0 Å². The van der Waals surface area contributed by atoms with Gasteiger partial charge in [0.1, 0.15) is 0 Å². The van der Waals surface area contributed by atoms with E-state index in [1.807, 2.05) is 18.2 Å². The molecule has 0 aliphatic heterocycles. The van der Waals surface area contributed by atoms with Gasteiger partial charge >= 0.3 is 0 Å². The predicted molar refractivity (Wildman–Crippen MR) is 79.1 cm³/mol. The van der Waals surface area contributed by atoms with E-state index in [0.717, 1.165) is 25.7 Å². The van der Waals surface area contributed by atoms with Gasteiger partial charge in [-0.1, -0.05) is 30.3 Å². The molecule has 1 aromatic carbocycles. The molecule has 1 aromatic rings. The summed E-state index contributed by atoms with van der Waals surface area (Å²) in [4.78, 5) is 12.0. The first kappa shape index (κ1) is 15.0. The summed E-state index contributed by atoms with van der Waals surface area (Å²) in [5.41, 5.74) is 7.04. The Hall–Kier alpha value is -1.39. The minimum atomic E-state index is -0.538. The number of carbonyl (C=O) groups excluding carboxylic acids is 1. The number of rotatable bonds is 5. The second-order valence-electron chi connectivity index (χ2n) is 5.62. The van der Waals surface area contributed by atoms with Crippen molar-refractivity contribution in [1.29, 1.82) is 0 Å². The van der Waals surface area contributed by atoms with Crippen molar-refractivity contribution < 1.29 is 9.90 Å². The fourth-order valence-corrected chi connectivity index (χ4v) is 2.70. The fourth-order valence-electron chi connectivity index (χ4n) is 2.70. The summed E-state index contributed by atoms with van der Waals surface area (Å²) in [7, 11) is 0. The average molecular weight is 276 g/mol. The summed E-state index contributed by atoms with van der Waals surface area (Å²) in [6, 6.07) is 10.1. The van der Waals surface area contributed by atoms with Crippen LogP contribution in [0.25, 0.3) is 0 Å². The first-order valence-corrected chi connectivity index (χ1v) is 7.42. The number of carbonyl (C=O) groups is 1. The van der Waals surface area contributed by atoms with Crippen LogP contribution in [0, 0.1) is 5.92 Å². The zero-order valence-electron chi connectivity index (χ0n) is 11.8. The lowest BCUT2D eigenvalue weighted by molar-refractivity contribution is -0.127. The van der Waals surface area contributed by atoms with Gasteiger partial charge in [-0.15, -0.1) is 0 Å². The topological polar surface area (TPSA) is 75.4 Å². The molecule has 0 heterocycles. The Morgan fingerprint density at radius 1 is 1.30 bits per heavy atom. The lowest BCUT2D eigenvalue weighted by atomic mass is 9.84. The Morgan fingerprint density at radius 3 is 2.75 bits per heavy atom. The summed E-state index contributed by atoms with van der Waals surface area (Å²) in [6.45, 7) is 0.687. The lowest BCUT2D eigenvalue weighted by Gasteiger charge is -2.29. The molecule has 3 atom stereocenters. The van der Waals surface area contributed by atoms with Crippen molar-refractivity contribution >= 4 is 5.91 Å². The van der Waals surface area contributed by atoms with E-state index in [1.54, 1.807) is 0 Å². The van der Waals surface area contributed by atoms with Crippen molar-refractivity contribution in [3.05, 3.63) is 35.9 Å². The fraction of sp³-hybridized carbons (Fsp3) is 0.562. The van der Waals surface area contributed by atoms with Crippen molar-refractivity contribution in [3.63, 3.8) is 0 Å². The molecule has 1 aliphatic carbocycles. The zero-order valence-corrected chi connectivity index (χ0v) is 11.8. The van der Waals surface area contributed by atoms with Crippen LogP contribution in [0.15, 0.2) is 30.3 Å². The second-order valence-corrected chi connectivity index (χ2v) is 5.62. The molecule has 0 saturated heterocycles. The van der Waals surface area contributed by atoms with Gasteiger partial charge in [-0.25, -0.2) is 0 Å². The van der Waals surface area contributed by atoms with Gasteiger partial charge in [-0.3, -0.25) is 4.79 Å². The van der Waals surface area contributed by atoms with Gasteiger partial charge in [0.05, 0.1) is 6.10 Å². The summed E-state index contributed by atoms with van der Waals surface area (Å²) in [6.07, 6.45) is 3.37. The molecule has 1 saturated carbocycles. The Kier molecular flexibility index (Phi) is 5.56. The van der Waals surface area contributed by atoms with Crippen LogP contribution < -0.4 is 11.1 Å². The quantitative estimate of drug-likeness (QED) is 0.708. The van der Waals surface area contributed by atoms with Gasteiger partial charge in [0.15, 0.2) is 0 Å². The number of aliphatic hydroxyl groups excluding tert-OH is 1. The highest BCUT2D eigenvalue weighted by molar-refractivity contribution is 5.78. The molecule has 4 heteroatoms. The molecule has 0 unspecified atom stereocenters. The number of benzene rings is 1. The van der Waals surface area contributed by atoms with Crippen LogP contribution in [0.5, 0.6) is 0 Å². The number of aliphatic hydroxyl groups is 1. The average Bonchev–Trinajstić information content (AvgIpc) is 2.47. The van der Waals surface area contributed by atoms with Crippen molar-refractivity contribution in [3.8, 4) is 0 Å². The molecule has 4 N–H and O–H groups in total. The maximum atomic E-state index is 12.0. The number of amides is 1. The second kappa shape index (κ2) is 7.41. The van der Waals surface area contributed by atoms with Crippen LogP contribution >= 0.6 is 0 Å². The minimum absolute atomic E-state index is 0.0593. The van der Waals surface area contributed by atoms with E-state index in [1.165, 1.54) is 5.56 Å². The molecule has 0 radical (unpaired) electrons. The smallest absolute Gasteiger partial charge is 0.223 e. The van der Waals surface area contributed by atoms with Crippen molar-refractivity contribution in [2.75, 3.05) is 6.54 Å². The standard InChI is InChI=1S/C16H24N2O2/c17-14-9-8-13(11-15(14)19)16(20)18-10-4-7-12-5-2-1-3-6-12/h1-3,5-6,13-15,19H,4,7-11,17H2,(H,18,20)/t13-,14+,15+/m0/s1. The van der Waals surface area contributed by atoms with E-state index >= 15 is 0 Å². The monoisotopic (exact) mass is 276 g/mol. The zero-order chi connectivity index (χ0) is 14.4. The minimum Gasteiger partial charge on any atom is -0.391 e. The molecule has 1 amide bonds. The SMILES string of the molecule is N[C@@H]1CC[C@H](C(=O)NCCCc2ccccc2)C[C@H]1O. The third kappa shape index (κ3) is 4.32. The molecular formula is C16H24N2O2. The van der Waals surface area contributed by atoms with Gasteiger partial charge in [-0.05, 0) is 37.7 Å². The van der Waals surface area contributed by atoms with Gasteiger partial charge in [-0.2, -0.15) is 0 Å². The van der Waals surface area contributed by atoms with Crippen LogP contribution in [-0.2, 0) is 11.2 Å². The normalized spacial score (nSPS) is 26.2. The molecule has 110 valence electrons. The molecule has 1 fully saturated rings. The molecule has 0 spiro atoms. The first-order chi connectivity index (χ1) is 9.66. The van der Waals surface area contributed by atoms with Crippen LogP contribution in [-0.4, -0.2) is 29.7 Å². The summed E-state index contributed by atoms with van der Waals surface area (Å²) in [5.74, 6) is -0.0227. The van der Waals surface area contributed by atoms with Crippen molar-refractivity contribution in [1.82, 2.24) is 5.32 Å². The maximum absolute atomic E-state index is 12.0. The Bertz CT molecular complexity index is 422. The molecule has 0 bridgehead atoms. The Morgan fingerprint density at radius 2 is 2.05 bits per heavy atom. The van der Waals surface area contributed by atoms with E-state index in [-0.39, 0.29) is 17.9 Å². The molecule has 0 aromatic heterocycles. The summed E-state index contributed by atoms with van der Waals surface area (Å²) < 4.78 is 0. The van der Waals surface area contributed by atoms with E-state index in [9.17, 15) is 9.90 Å². The van der Waals surface area contributed by atoms with Crippen LogP contribution in [0.2, 0.25) is 0 Å². The van der Waals surface area contributed by atoms with E-state index < -0.39 is 6.10 Å². The van der Waals surface area contributed by atoms with Gasteiger partial charge in [0, 0.05) is 18.5 Å². The number of hydrogen-bond donors (Lipinski definition) is 3. The van der Waals surface area contributed by atoms with Crippen molar-refractivity contribution in [2.45, 2.75) is 44.2 Å². The lowest BCUT2D eigenvalue weighted by Crippen LogP contribution is -2.44. The molecular weight excluding hydrogens is 252 g/mol. The number of aryl methyl sites for hydroxylation is 1. The molecule has 20 heavy (non-hydrogen) atoms. The first-order valence-electron chi connectivity index (χ1n) is 7.42. The predicted octanol–water partition coefficient (Wildman–Crippen LogP) is 1.22. The van der Waals surface area contributed by atoms with E-state index in [0.29, 0.717) is 13.0 Å². The molecule has 2 rings (SSSR count). The van der Waals surface area contributed by atoms with E-state index in [4.69, 9.17) is 5.73 Å². The van der Waals surface area contributed by atoms with Gasteiger partial charge in [0.25, 0.3) is 0 Å². The summed E-state index contributed by atoms with van der Waals surface area (Å²) in [5, 5.41) is 12.7. The highest BCUT2D eigenvalue weighted by atomic mass is 16.3. The number of nitrogens with one attached hydrogen (secondary N) is 1. The van der Waals surface area contributed by atoms with Gasteiger partial charge in [0.2, 0.25) is 5.91 Å². The van der Waals surface area contributed by atoms with Crippen LogP contribution in [0.4, 0.5) is 0 Å². The maximum Gasteiger partial charge on any atom is 0.223 e. The Balaban J connectivity index is 1.65. The highest BCUT2D eigenvalue weighted by Crippen LogP contribution is 2.23. The van der Waals surface area contributed by atoms with E-state index in [2.05, 4.69) is 17.4 Å². The number of hydrogen-bond acceptors (Lipinski definition) is 3. The highest BCUT2D eigenvalue weighted by Gasteiger charge is 2.30. The largest absolute Gasteiger partial charge is 0.391 e. The third-order valence-electron chi connectivity index (χ3n) is 4.02. The number of nitrogens with two attached hydrogens (primary N) is 1. The van der Waals surface area contributed by atoms with Crippen molar-refractivity contribution in [2.24, 2.45) is 11.7 Å². The molecule has 1 aliphatic rings. The van der Waals surface area contributed by atoms with Gasteiger partial charge < -0.3 is 16.2 Å². The molecule has 4 nitrogen and oxygen atoms in total. The van der Waals surface area contributed by atoms with Crippen LogP contribution in [0.1, 0.15) is 31.2 Å². The Labute approximate surface area is 120 Å². The summed E-state index contributed by atoms with van der Waals surface area (Å²) >= 11 is 0.